The lowest BCUT2D eigenvalue weighted by molar-refractivity contribution is -0.127. The summed E-state index contributed by atoms with van der Waals surface area (Å²) in [7, 11) is 0. The highest BCUT2D eigenvalue weighted by Gasteiger charge is 2.51. The average molecular weight is 469 g/mol. The molecule has 1 aromatic rings. The maximum Gasteiger partial charge on any atom is 0.291 e. The quantitative estimate of drug-likeness (QED) is 0.282. The first-order valence-corrected chi connectivity index (χ1v) is 13.3. The van der Waals surface area contributed by atoms with Crippen molar-refractivity contribution in [2.75, 3.05) is 6.54 Å². The van der Waals surface area contributed by atoms with Crippen molar-refractivity contribution in [1.82, 2.24) is 10.2 Å². The Morgan fingerprint density at radius 3 is 2.38 bits per heavy atom. The molecular weight excluding hydrogens is 436 g/mol. The van der Waals surface area contributed by atoms with Crippen LogP contribution in [0.25, 0.3) is 6.08 Å². The van der Waals surface area contributed by atoms with E-state index in [1.807, 2.05) is 36.4 Å². The summed E-state index contributed by atoms with van der Waals surface area (Å²) in [5, 5.41) is 3.48. The van der Waals surface area contributed by atoms with Crippen molar-refractivity contribution in [3.05, 3.63) is 40.8 Å². The van der Waals surface area contributed by atoms with Crippen molar-refractivity contribution in [2.45, 2.75) is 69.7 Å². The topological polar surface area (TPSA) is 49.4 Å². The van der Waals surface area contributed by atoms with Gasteiger partial charge in [-0.2, -0.15) is 0 Å². The van der Waals surface area contributed by atoms with Gasteiger partial charge in [0.2, 0.25) is 5.91 Å². The van der Waals surface area contributed by atoms with Gasteiger partial charge in [0, 0.05) is 18.5 Å². The van der Waals surface area contributed by atoms with E-state index >= 15 is 0 Å². The summed E-state index contributed by atoms with van der Waals surface area (Å²) in [6.07, 6.45) is 13.0. The van der Waals surface area contributed by atoms with Gasteiger partial charge in [0.15, 0.2) is 0 Å². The molecule has 6 rings (SSSR count). The van der Waals surface area contributed by atoms with Gasteiger partial charge in [-0.05, 0) is 92.5 Å². The molecule has 0 atom stereocenters. The van der Waals surface area contributed by atoms with Crippen LogP contribution in [0.15, 0.2) is 35.2 Å². The van der Waals surface area contributed by atoms with E-state index in [0.717, 1.165) is 47.5 Å². The first-order valence-electron chi connectivity index (χ1n) is 12.1. The van der Waals surface area contributed by atoms with Crippen LogP contribution >= 0.6 is 24.0 Å². The normalized spacial score (nSPS) is 32.2. The minimum atomic E-state index is 0.0109. The summed E-state index contributed by atoms with van der Waals surface area (Å²) in [6.45, 7) is 0.632. The van der Waals surface area contributed by atoms with Crippen molar-refractivity contribution in [1.29, 1.82) is 0 Å². The number of hydrogen-bond donors (Lipinski definition) is 1. The SMILES string of the molecule is O=C(CCCCCN1C(=O)SC(=Cc2ccccc2)C1=S)NC12CC3CC(CC(C3)C1)C2. The van der Waals surface area contributed by atoms with Crippen LogP contribution in [-0.2, 0) is 4.79 Å². The molecular formula is C26H32N2O2S2. The smallest absolute Gasteiger partial charge is 0.291 e. The van der Waals surface area contributed by atoms with Crippen LogP contribution in [0.3, 0.4) is 0 Å². The number of unbranched alkanes of at least 4 members (excludes halogenated alkanes) is 2. The van der Waals surface area contributed by atoms with Crippen LogP contribution in [0.5, 0.6) is 0 Å². The van der Waals surface area contributed by atoms with Crippen LogP contribution in [0, 0.1) is 17.8 Å². The minimum Gasteiger partial charge on any atom is -0.351 e. The van der Waals surface area contributed by atoms with Crippen LogP contribution < -0.4 is 5.32 Å². The van der Waals surface area contributed by atoms with Gasteiger partial charge in [0.05, 0.1) is 4.91 Å². The Labute approximate surface area is 200 Å². The predicted octanol–water partition coefficient (Wildman–Crippen LogP) is 6.17. The van der Waals surface area contributed by atoms with Crippen LogP contribution in [-0.4, -0.2) is 33.1 Å². The fourth-order valence-electron chi connectivity index (χ4n) is 6.75. The predicted molar refractivity (Wildman–Crippen MR) is 134 cm³/mol. The number of carbonyl (C=O) groups is 2. The van der Waals surface area contributed by atoms with E-state index in [2.05, 4.69) is 5.32 Å². The number of thiocarbonyl (C=S) groups is 1. The van der Waals surface area contributed by atoms with Crippen molar-refractivity contribution in [3.8, 4) is 0 Å². The molecule has 5 aliphatic rings. The number of benzene rings is 1. The molecule has 2 amide bonds. The van der Waals surface area contributed by atoms with E-state index in [9.17, 15) is 9.59 Å². The Hall–Kier alpha value is -1.66. The standard InChI is InChI=1S/C26H32N2O2S2/c29-23(27-26-15-19-11-20(16-26)13-21(12-19)17-26)9-5-2-6-10-28-24(31)22(32-25(28)30)14-18-7-3-1-4-8-18/h1,3-4,7-8,14,19-21H,2,5-6,9-13,15-17H2,(H,27,29). The molecule has 4 saturated carbocycles. The van der Waals surface area contributed by atoms with E-state index < -0.39 is 0 Å². The lowest BCUT2D eigenvalue weighted by atomic mass is 9.53. The molecule has 1 saturated heterocycles. The third kappa shape index (κ3) is 4.81. The van der Waals surface area contributed by atoms with Crippen LogP contribution in [0.4, 0.5) is 4.79 Å². The molecule has 0 aromatic heterocycles. The van der Waals surface area contributed by atoms with Crippen LogP contribution in [0.1, 0.15) is 69.8 Å². The molecule has 1 heterocycles. The second kappa shape index (κ2) is 9.30. The number of amides is 2. The highest BCUT2D eigenvalue weighted by molar-refractivity contribution is 8.19. The Balaban J connectivity index is 1.04. The first-order chi connectivity index (χ1) is 15.5. The third-order valence-corrected chi connectivity index (χ3v) is 9.19. The maximum absolute atomic E-state index is 12.7. The van der Waals surface area contributed by atoms with Gasteiger partial charge in [-0.15, -0.1) is 0 Å². The zero-order valence-corrected chi connectivity index (χ0v) is 20.2. The fraction of sp³-hybridized carbons (Fsp3) is 0.577. The minimum absolute atomic E-state index is 0.0109. The number of carbonyl (C=O) groups excluding carboxylic acids is 2. The van der Waals surface area contributed by atoms with Gasteiger partial charge >= 0.3 is 0 Å². The second-order valence-electron chi connectivity index (χ2n) is 10.3. The molecule has 1 N–H and O–H groups in total. The Kier molecular flexibility index (Phi) is 6.44. The van der Waals surface area contributed by atoms with Crippen LogP contribution in [0.2, 0.25) is 0 Å². The highest BCUT2D eigenvalue weighted by atomic mass is 32.2. The monoisotopic (exact) mass is 468 g/mol. The Morgan fingerprint density at radius 2 is 1.72 bits per heavy atom. The number of nitrogens with zero attached hydrogens (tertiary/aromatic N) is 1. The molecule has 1 aromatic carbocycles. The summed E-state index contributed by atoms with van der Waals surface area (Å²) in [5.74, 6) is 2.77. The number of rotatable bonds is 8. The van der Waals surface area contributed by atoms with Gasteiger partial charge in [-0.3, -0.25) is 14.5 Å². The third-order valence-electron chi connectivity index (χ3n) is 7.70. The maximum atomic E-state index is 12.7. The van der Waals surface area contributed by atoms with E-state index in [1.54, 1.807) is 4.90 Å². The molecule has 0 spiro atoms. The highest BCUT2D eigenvalue weighted by Crippen LogP contribution is 2.55. The second-order valence-corrected chi connectivity index (χ2v) is 11.7. The first kappa shape index (κ1) is 22.1. The number of hydrogen-bond acceptors (Lipinski definition) is 4. The zero-order valence-electron chi connectivity index (χ0n) is 18.6. The van der Waals surface area contributed by atoms with E-state index in [1.165, 1.54) is 50.3 Å². The Morgan fingerprint density at radius 1 is 1.06 bits per heavy atom. The zero-order chi connectivity index (χ0) is 22.1. The molecule has 4 bridgehead atoms. The van der Waals surface area contributed by atoms with Gasteiger partial charge in [-0.25, -0.2) is 0 Å². The molecule has 6 heteroatoms. The lowest BCUT2D eigenvalue weighted by Gasteiger charge is -2.56. The summed E-state index contributed by atoms with van der Waals surface area (Å²) >= 11 is 6.77. The average Bonchev–Trinajstić information content (AvgIpc) is 3.00. The summed E-state index contributed by atoms with van der Waals surface area (Å²) in [5.41, 5.74) is 1.16. The number of thioether (sulfide) groups is 1. The summed E-state index contributed by atoms with van der Waals surface area (Å²) in [4.78, 5) is 28.3. The molecule has 1 aliphatic heterocycles. The van der Waals surface area contributed by atoms with Crippen molar-refractivity contribution < 1.29 is 9.59 Å². The molecule has 5 fully saturated rings. The van der Waals surface area contributed by atoms with E-state index in [0.29, 0.717) is 18.0 Å². The summed E-state index contributed by atoms with van der Waals surface area (Å²) < 4.78 is 0. The van der Waals surface area contributed by atoms with E-state index in [-0.39, 0.29) is 16.7 Å². The molecule has 4 aliphatic carbocycles. The fourth-order valence-corrected chi connectivity index (χ4v) is 8.04. The van der Waals surface area contributed by atoms with Crippen molar-refractivity contribution >= 4 is 46.2 Å². The molecule has 32 heavy (non-hydrogen) atoms. The largest absolute Gasteiger partial charge is 0.351 e. The summed E-state index contributed by atoms with van der Waals surface area (Å²) in [6, 6.07) is 9.96. The molecule has 170 valence electrons. The molecule has 0 radical (unpaired) electrons. The van der Waals surface area contributed by atoms with Crippen molar-refractivity contribution in [3.63, 3.8) is 0 Å². The molecule has 4 nitrogen and oxygen atoms in total. The van der Waals surface area contributed by atoms with Gasteiger partial charge in [0.1, 0.15) is 4.99 Å². The van der Waals surface area contributed by atoms with Gasteiger partial charge in [0.25, 0.3) is 5.24 Å². The van der Waals surface area contributed by atoms with Gasteiger partial charge < -0.3 is 5.32 Å². The Bertz CT molecular complexity index is 892. The number of nitrogens with one attached hydrogen (secondary N) is 1. The molecule has 0 unspecified atom stereocenters. The van der Waals surface area contributed by atoms with Crippen molar-refractivity contribution in [2.24, 2.45) is 17.8 Å². The van der Waals surface area contributed by atoms with Gasteiger partial charge in [-0.1, -0.05) is 49.0 Å². The van der Waals surface area contributed by atoms with E-state index in [4.69, 9.17) is 12.2 Å². The lowest BCUT2D eigenvalue weighted by Crippen LogP contribution is -2.59.